The fourth-order valence-corrected chi connectivity index (χ4v) is 1.24. The zero-order valence-electron chi connectivity index (χ0n) is 9.26. The van der Waals surface area contributed by atoms with Crippen LogP contribution in [-0.4, -0.2) is 0 Å². The predicted octanol–water partition coefficient (Wildman–Crippen LogP) is 4.87. The van der Waals surface area contributed by atoms with Gasteiger partial charge in [0.15, 0.2) is 0 Å². The van der Waals surface area contributed by atoms with Crippen LogP contribution in [-0.2, 0) is 0 Å². The Balaban J connectivity index is 3.08. The van der Waals surface area contributed by atoms with Crippen LogP contribution >= 0.6 is 0 Å². The molecule has 0 saturated heterocycles. The van der Waals surface area contributed by atoms with Crippen molar-refractivity contribution in [2.24, 2.45) is 0 Å². The molecule has 0 aromatic rings. The number of rotatable bonds is 8. The van der Waals surface area contributed by atoms with Gasteiger partial charge in [-0.05, 0) is 25.7 Å². The van der Waals surface area contributed by atoms with Crippen molar-refractivity contribution in [3.63, 3.8) is 0 Å². The van der Waals surface area contributed by atoms with Crippen molar-refractivity contribution in [1.82, 2.24) is 0 Å². The quantitative estimate of drug-likeness (QED) is 0.369. The molecule has 0 aliphatic heterocycles. The summed E-state index contributed by atoms with van der Waals surface area (Å²) in [6.07, 6.45) is 18.1. The third-order valence-electron chi connectivity index (χ3n) is 2.07. The summed E-state index contributed by atoms with van der Waals surface area (Å²) in [5, 5.41) is 0. The van der Waals surface area contributed by atoms with E-state index in [4.69, 9.17) is 0 Å². The second kappa shape index (κ2) is 11.5. The minimum absolute atomic E-state index is 1.11. The molecule has 0 heterocycles. The van der Waals surface area contributed by atoms with E-state index < -0.39 is 0 Å². The van der Waals surface area contributed by atoms with Gasteiger partial charge >= 0.3 is 0 Å². The second-order valence-corrected chi connectivity index (χ2v) is 3.44. The van der Waals surface area contributed by atoms with Gasteiger partial charge in [-0.25, -0.2) is 0 Å². The SMILES string of the molecule is CC/C=C/C/C=C/CCCCCC. The Labute approximate surface area is 83.7 Å². The van der Waals surface area contributed by atoms with Crippen molar-refractivity contribution in [2.45, 2.75) is 58.8 Å². The van der Waals surface area contributed by atoms with Crippen LogP contribution in [0.2, 0.25) is 0 Å². The van der Waals surface area contributed by atoms with Gasteiger partial charge < -0.3 is 0 Å². The summed E-state index contributed by atoms with van der Waals surface area (Å²) in [6.45, 7) is 4.43. The lowest BCUT2D eigenvalue weighted by molar-refractivity contribution is 0.674. The monoisotopic (exact) mass is 180 g/mol. The first-order valence-corrected chi connectivity index (χ1v) is 5.71. The summed E-state index contributed by atoms with van der Waals surface area (Å²) < 4.78 is 0. The van der Waals surface area contributed by atoms with Crippen molar-refractivity contribution in [3.05, 3.63) is 24.3 Å². The molecule has 0 aliphatic carbocycles. The summed E-state index contributed by atoms with van der Waals surface area (Å²) in [6, 6.07) is 0. The molecular formula is C13H24. The minimum Gasteiger partial charge on any atom is -0.0885 e. The molecule has 0 aromatic carbocycles. The molecule has 0 fully saturated rings. The highest BCUT2D eigenvalue weighted by atomic mass is 13.9. The van der Waals surface area contributed by atoms with Crippen molar-refractivity contribution in [1.29, 1.82) is 0 Å². The van der Waals surface area contributed by atoms with Crippen LogP contribution in [0.15, 0.2) is 24.3 Å². The highest BCUT2D eigenvalue weighted by Crippen LogP contribution is 2.03. The van der Waals surface area contributed by atoms with E-state index in [-0.39, 0.29) is 0 Å². The molecule has 0 radical (unpaired) electrons. The van der Waals surface area contributed by atoms with Gasteiger partial charge in [-0.1, -0.05) is 57.4 Å². The maximum Gasteiger partial charge on any atom is -0.0169 e. The van der Waals surface area contributed by atoms with E-state index in [1.165, 1.54) is 32.1 Å². The number of unbranched alkanes of at least 4 members (excludes halogenated alkanes) is 4. The fourth-order valence-electron chi connectivity index (χ4n) is 1.24. The molecule has 0 aliphatic rings. The Kier molecular flexibility index (Phi) is 11.0. The summed E-state index contributed by atoms with van der Waals surface area (Å²) in [7, 11) is 0. The Morgan fingerprint density at radius 1 is 0.769 bits per heavy atom. The summed E-state index contributed by atoms with van der Waals surface area (Å²) in [5.41, 5.74) is 0. The first kappa shape index (κ1) is 12.5. The number of allylic oxidation sites excluding steroid dienone is 4. The van der Waals surface area contributed by atoms with Crippen LogP contribution in [0.5, 0.6) is 0 Å². The van der Waals surface area contributed by atoms with Gasteiger partial charge in [-0.2, -0.15) is 0 Å². The van der Waals surface area contributed by atoms with Crippen LogP contribution in [0.4, 0.5) is 0 Å². The van der Waals surface area contributed by atoms with Crippen molar-refractivity contribution >= 4 is 0 Å². The van der Waals surface area contributed by atoms with Gasteiger partial charge in [0, 0.05) is 0 Å². The van der Waals surface area contributed by atoms with Crippen LogP contribution in [0.25, 0.3) is 0 Å². The Morgan fingerprint density at radius 3 is 2.23 bits per heavy atom. The molecule has 0 saturated carbocycles. The maximum absolute atomic E-state index is 2.32. The van der Waals surface area contributed by atoms with Crippen LogP contribution < -0.4 is 0 Å². The molecule has 0 unspecified atom stereocenters. The van der Waals surface area contributed by atoms with Crippen molar-refractivity contribution in [3.8, 4) is 0 Å². The van der Waals surface area contributed by atoms with Gasteiger partial charge in [-0.3, -0.25) is 0 Å². The molecule has 76 valence electrons. The van der Waals surface area contributed by atoms with Gasteiger partial charge in [0.25, 0.3) is 0 Å². The second-order valence-electron chi connectivity index (χ2n) is 3.44. The lowest BCUT2D eigenvalue weighted by atomic mass is 10.1. The number of hydrogen-bond acceptors (Lipinski definition) is 0. The average molecular weight is 180 g/mol. The Hall–Kier alpha value is -0.520. The predicted molar refractivity (Wildman–Crippen MR) is 61.9 cm³/mol. The minimum atomic E-state index is 1.11. The van der Waals surface area contributed by atoms with Gasteiger partial charge in [0.2, 0.25) is 0 Å². The summed E-state index contributed by atoms with van der Waals surface area (Å²) in [5.74, 6) is 0. The highest BCUT2D eigenvalue weighted by molar-refractivity contribution is 4.92. The standard InChI is InChI=1S/C13H24/c1-3-5-7-9-11-13-12-10-8-6-4-2/h5,7,11,13H,3-4,6,8-10,12H2,1-2H3/b7-5+,13-11+. The van der Waals surface area contributed by atoms with E-state index >= 15 is 0 Å². The zero-order valence-corrected chi connectivity index (χ0v) is 9.26. The molecule has 0 atom stereocenters. The van der Waals surface area contributed by atoms with E-state index in [9.17, 15) is 0 Å². The largest absolute Gasteiger partial charge is 0.0885 e. The van der Waals surface area contributed by atoms with Crippen LogP contribution in [0, 0.1) is 0 Å². The smallest absolute Gasteiger partial charge is 0.0169 e. The van der Waals surface area contributed by atoms with Crippen molar-refractivity contribution in [2.75, 3.05) is 0 Å². The molecule has 0 aromatic heterocycles. The average Bonchev–Trinajstić information content (AvgIpc) is 2.16. The fraction of sp³-hybridized carbons (Fsp3) is 0.692. The Bertz CT molecular complexity index is 131. The van der Waals surface area contributed by atoms with E-state index in [0.717, 1.165) is 12.8 Å². The van der Waals surface area contributed by atoms with Crippen LogP contribution in [0.3, 0.4) is 0 Å². The van der Waals surface area contributed by atoms with Gasteiger partial charge in [0.1, 0.15) is 0 Å². The van der Waals surface area contributed by atoms with Gasteiger partial charge in [-0.15, -0.1) is 0 Å². The molecule has 0 rings (SSSR count). The van der Waals surface area contributed by atoms with Gasteiger partial charge in [0.05, 0.1) is 0 Å². The highest BCUT2D eigenvalue weighted by Gasteiger charge is 1.83. The van der Waals surface area contributed by atoms with Crippen molar-refractivity contribution < 1.29 is 0 Å². The molecule has 0 N–H and O–H groups in total. The third-order valence-corrected chi connectivity index (χ3v) is 2.07. The lowest BCUT2D eigenvalue weighted by Crippen LogP contribution is -1.73. The Morgan fingerprint density at radius 2 is 1.54 bits per heavy atom. The maximum atomic E-state index is 2.32. The molecular weight excluding hydrogens is 156 g/mol. The molecule has 0 amide bonds. The molecule has 0 bridgehead atoms. The van der Waals surface area contributed by atoms with E-state index in [1.807, 2.05) is 0 Å². The molecule has 13 heavy (non-hydrogen) atoms. The normalized spacial score (nSPS) is 11.8. The number of hydrogen-bond donors (Lipinski definition) is 0. The van der Waals surface area contributed by atoms with E-state index in [0.29, 0.717) is 0 Å². The summed E-state index contributed by atoms with van der Waals surface area (Å²) >= 11 is 0. The molecule has 0 nitrogen and oxygen atoms in total. The van der Waals surface area contributed by atoms with E-state index in [1.54, 1.807) is 0 Å². The lowest BCUT2D eigenvalue weighted by Gasteiger charge is -1.93. The topological polar surface area (TPSA) is 0 Å². The first-order chi connectivity index (χ1) is 6.41. The molecule has 0 heteroatoms. The summed E-state index contributed by atoms with van der Waals surface area (Å²) in [4.78, 5) is 0. The van der Waals surface area contributed by atoms with Crippen LogP contribution in [0.1, 0.15) is 58.8 Å². The third kappa shape index (κ3) is 11.5. The zero-order chi connectivity index (χ0) is 9.78. The first-order valence-electron chi connectivity index (χ1n) is 5.71. The van der Waals surface area contributed by atoms with E-state index in [2.05, 4.69) is 38.2 Å². The molecule has 0 spiro atoms.